The van der Waals surface area contributed by atoms with Gasteiger partial charge in [-0.3, -0.25) is 4.79 Å². The average Bonchev–Trinajstić information content (AvgIpc) is 3.09. The summed E-state index contributed by atoms with van der Waals surface area (Å²) >= 11 is 1.43. The van der Waals surface area contributed by atoms with Crippen LogP contribution in [0.3, 0.4) is 0 Å². The fraction of sp³-hybridized carbons (Fsp3) is 0.0526. The maximum atomic E-state index is 12.7. The zero-order chi connectivity index (χ0) is 19.3. The van der Waals surface area contributed by atoms with Gasteiger partial charge in [-0.05, 0) is 42.5 Å². The Morgan fingerprint density at radius 2 is 1.81 bits per heavy atom. The molecule has 0 aliphatic rings. The van der Waals surface area contributed by atoms with Crippen LogP contribution in [-0.2, 0) is 6.18 Å². The summed E-state index contributed by atoms with van der Waals surface area (Å²) in [6.07, 6.45) is -3.24. The molecule has 27 heavy (non-hydrogen) atoms. The lowest BCUT2D eigenvalue weighted by atomic mass is 10.1. The molecule has 0 spiro atoms. The van der Waals surface area contributed by atoms with Gasteiger partial charge < -0.3 is 4.42 Å². The van der Waals surface area contributed by atoms with Crippen molar-refractivity contribution in [3.05, 3.63) is 83.6 Å². The number of benzene rings is 2. The number of rotatable bonds is 5. The van der Waals surface area contributed by atoms with Crippen molar-refractivity contribution in [3.8, 4) is 0 Å². The Morgan fingerprint density at radius 1 is 1.04 bits per heavy atom. The lowest BCUT2D eigenvalue weighted by Gasteiger charge is -2.07. The smallest absolute Gasteiger partial charge is 0.416 e. The highest BCUT2D eigenvalue weighted by atomic mass is 32.2. The van der Waals surface area contributed by atoms with E-state index in [-0.39, 0.29) is 5.56 Å². The van der Waals surface area contributed by atoms with Crippen LogP contribution in [0.25, 0.3) is 0 Å². The number of carbonyl (C=O) groups is 1. The zero-order valence-corrected chi connectivity index (χ0v) is 14.6. The summed E-state index contributed by atoms with van der Waals surface area (Å²) in [6.45, 7) is 0. The van der Waals surface area contributed by atoms with Crippen molar-refractivity contribution in [1.82, 2.24) is 5.43 Å². The summed E-state index contributed by atoms with van der Waals surface area (Å²) in [5.74, 6) is -0.347. The Bertz CT molecular complexity index is 953. The van der Waals surface area contributed by atoms with Crippen LogP contribution in [-0.4, -0.2) is 12.1 Å². The minimum Gasteiger partial charge on any atom is -0.448 e. The maximum Gasteiger partial charge on any atom is 0.416 e. The van der Waals surface area contributed by atoms with Crippen LogP contribution in [0.15, 0.2) is 86.2 Å². The first-order valence-electron chi connectivity index (χ1n) is 7.75. The normalized spacial score (nSPS) is 11.7. The largest absolute Gasteiger partial charge is 0.448 e. The highest BCUT2D eigenvalue weighted by Gasteiger charge is 2.30. The molecule has 3 aromatic rings. The van der Waals surface area contributed by atoms with E-state index in [9.17, 15) is 18.0 Å². The lowest BCUT2D eigenvalue weighted by Crippen LogP contribution is -2.18. The Labute approximate surface area is 157 Å². The lowest BCUT2D eigenvalue weighted by molar-refractivity contribution is -0.137. The Morgan fingerprint density at radius 3 is 2.56 bits per heavy atom. The molecule has 0 radical (unpaired) electrons. The molecule has 0 fully saturated rings. The van der Waals surface area contributed by atoms with Crippen molar-refractivity contribution in [3.63, 3.8) is 0 Å². The molecule has 1 N–H and O–H groups in total. The molecule has 8 heteroatoms. The van der Waals surface area contributed by atoms with Gasteiger partial charge in [-0.1, -0.05) is 36.0 Å². The minimum absolute atomic E-state index is 0.137. The van der Waals surface area contributed by atoms with Crippen molar-refractivity contribution >= 4 is 23.9 Å². The van der Waals surface area contributed by atoms with Crippen LogP contribution in [0.5, 0.6) is 0 Å². The Kier molecular flexibility index (Phi) is 5.66. The van der Waals surface area contributed by atoms with Crippen LogP contribution in [0.2, 0.25) is 0 Å². The van der Waals surface area contributed by atoms with Gasteiger partial charge in [-0.25, -0.2) is 5.43 Å². The number of carbonyl (C=O) groups excluding carboxylic acids is 1. The second-order valence-corrected chi connectivity index (χ2v) is 6.43. The maximum absolute atomic E-state index is 12.7. The molecule has 0 saturated heterocycles. The summed E-state index contributed by atoms with van der Waals surface area (Å²) in [5, 5.41) is 4.37. The molecule has 0 unspecified atom stereocenters. The van der Waals surface area contributed by atoms with Crippen LogP contribution in [0, 0.1) is 0 Å². The monoisotopic (exact) mass is 390 g/mol. The number of hydrogen-bond acceptors (Lipinski definition) is 4. The molecular formula is C19H13F3N2O2S. The highest BCUT2D eigenvalue weighted by Crippen LogP contribution is 2.30. The van der Waals surface area contributed by atoms with Gasteiger partial charge >= 0.3 is 6.18 Å². The van der Waals surface area contributed by atoms with Gasteiger partial charge in [-0.15, -0.1) is 0 Å². The van der Waals surface area contributed by atoms with Crippen LogP contribution >= 0.6 is 11.8 Å². The highest BCUT2D eigenvalue weighted by molar-refractivity contribution is 7.99. The van der Waals surface area contributed by atoms with Gasteiger partial charge in [0.1, 0.15) is 5.76 Å². The van der Waals surface area contributed by atoms with Gasteiger partial charge in [-0.2, -0.15) is 18.3 Å². The Hall–Kier alpha value is -3.00. The topological polar surface area (TPSA) is 54.6 Å². The number of halogens is 3. The number of furan rings is 1. The van der Waals surface area contributed by atoms with Crippen LogP contribution in [0.4, 0.5) is 13.2 Å². The molecule has 4 nitrogen and oxygen atoms in total. The Balaban J connectivity index is 1.60. The first kappa shape index (κ1) is 18.8. The molecule has 0 saturated carbocycles. The van der Waals surface area contributed by atoms with Gasteiger partial charge in [0.15, 0.2) is 5.09 Å². The van der Waals surface area contributed by atoms with E-state index in [1.807, 2.05) is 30.3 Å². The number of alkyl halides is 3. The molecule has 138 valence electrons. The van der Waals surface area contributed by atoms with Crippen LogP contribution in [0.1, 0.15) is 21.7 Å². The van der Waals surface area contributed by atoms with Gasteiger partial charge in [0.05, 0.1) is 11.8 Å². The fourth-order valence-corrected chi connectivity index (χ4v) is 2.92. The van der Waals surface area contributed by atoms with E-state index >= 15 is 0 Å². The predicted octanol–water partition coefficient (Wildman–Crippen LogP) is 5.21. The predicted molar refractivity (Wildman–Crippen MR) is 95.8 cm³/mol. The summed E-state index contributed by atoms with van der Waals surface area (Å²) in [7, 11) is 0. The average molecular weight is 390 g/mol. The molecule has 1 amide bonds. The SMILES string of the molecule is O=C(N/N=C/c1ccc(Sc2ccccc2)o1)c1cccc(C(F)(F)F)c1. The molecular weight excluding hydrogens is 377 g/mol. The number of nitrogens with zero attached hydrogens (tertiary/aromatic N) is 1. The summed E-state index contributed by atoms with van der Waals surface area (Å²) in [6, 6.07) is 17.2. The van der Waals surface area contributed by atoms with E-state index in [1.165, 1.54) is 30.1 Å². The fourth-order valence-electron chi connectivity index (χ4n) is 2.12. The second-order valence-electron chi connectivity index (χ2n) is 5.35. The van der Waals surface area contributed by atoms with E-state index in [2.05, 4.69) is 10.5 Å². The third-order valence-electron chi connectivity index (χ3n) is 3.37. The first-order valence-corrected chi connectivity index (χ1v) is 8.57. The van der Waals surface area contributed by atoms with E-state index in [1.54, 1.807) is 12.1 Å². The number of nitrogens with one attached hydrogen (secondary N) is 1. The molecule has 3 rings (SSSR count). The van der Waals surface area contributed by atoms with E-state index < -0.39 is 17.6 Å². The third kappa shape index (κ3) is 5.24. The molecule has 0 atom stereocenters. The van der Waals surface area contributed by atoms with Gasteiger partial charge in [0.2, 0.25) is 0 Å². The van der Waals surface area contributed by atoms with Gasteiger partial charge in [0, 0.05) is 10.5 Å². The summed E-state index contributed by atoms with van der Waals surface area (Å²) < 4.78 is 43.6. The van der Waals surface area contributed by atoms with Crippen molar-refractivity contribution in [2.45, 2.75) is 16.2 Å². The number of amides is 1. The van der Waals surface area contributed by atoms with Crippen molar-refractivity contribution in [2.75, 3.05) is 0 Å². The summed E-state index contributed by atoms with van der Waals surface area (Å²) in [5.41, 5.74) is 1.15. The van der Waals surface area contributed by atoms with Crippen molar-refractivity contribution in [2.24, 2.45) is 5.10 Å². The number of hydrogen-bond donors (Lipinski definition) is 1. The molecule has 2 aromatic carbocycles. The summed E-state index contributed by atoms with van der Waals surface area (Å²) in [4.78, 5) is 12.9. The first-order chi connectivity index (χ1) is 12.9. The third-order valence-corrected chi connectivity index (χ3v) is 4.30. The van der Waals surface area contributed by atoms with Gasteiger partial charge in [0.25, 0.3) is 5.91 Å². The molecule has 0 bridgehead atoms. The standard InChI is InChI=1S/C19H13F3N2O2S/c20-19(21,22)14-6-4-5-13(11-14)18(25)24-23-12-15-9-10-17(26-15)27-16-7-2-1-3-8-16/h1-12H,(H,24,25)/b23-12+. The molecule has 1 aromatic heterocycles. The van der Waals surface area contributed by atoms with E-state index in [4.69, 9.17) is 4.42 Å². The van der Waals surface area contributed by atoms with E-state index in [0.29, 0.717) is 10.9 Å². The molecule has 0 aliphatic carbocycles. The molecule has 0 aliphatic heterocycles. The second kappa shape index (κ2) is 8.13. The van der Waals surface area contributed by atoms with Crippen LogP contribution < -0.4 is 5.43 Å². The quantitative estimate of drug-likeness (QED) is 0.480. The number of hydrazone groups is 1. The van der Waals surface area contributed by atoms with Crippen molar-refractivity contribution < 1.29 is 22.4 Å². The zero-order valence-electron chi connectivity index (χ0n) is 13.7. The van der Waals surface area contributed by atoms with E-state index in [0.717, 1.165) is 17.0 Å². The minimum atomic E-state index is -4.51. The van der Waals surface area contributed by atoms with Crippen molar-refractivity contribution in [1.29, 1.82) is 0 Å². The molecule has 1 heterocycles.